The fraction of sp³-hybridized carbons (Fsp3) is 0.500. The van der Waals surface area contributed by atoms with Crippen LogP contribution in [-0.4, -0.2) is 24.5 Å². The highest BCUT2D eigenvalue weighted by molar-refractivity contribution is 7.10. The van der Waals surface area contributed by atoms with E-state index in [1.807, 2.05) is 23.5 Å². The number of carbonyl (C=O) groups excluding carboxylic acids is 1. The summed E-state index contributed by atoms with van der Waals surface area (Å²) in [5.41, 5.74) is 2.47. The van der Waals surface area contributed by atoms with Gasteiger partial charge in [-0.1, -0.05) is 38.8 Å². The molecule has 1 aliphatic heterocycles. The predicted molar refractivity (Wildman–Crippen MR) is 108 cm³/mol. The molecule has 2 aromatic rings. The fourth-order valence-corrected chi connectivity index (χ4v) is 4.79. The van der Waals surface area contributed by atoms with Gasteiger partial charge in [-0.2, -0.15) is 0 Å². The summed E-state index contributed by atoms with van der Waals surface area (Å²) in [5, 5.41) is 2.16. The minimum atomic E-state index is 0.0269. The van der Waals surface area contributed by atoms with Gasteiger partial charge in [-0.3, -0.25) is 4.79 Å². The third-order valence-corrected chi connectivity index (χ3v) is 6.43. The molecule has 26 heavy (non-hydrogen) atoms. The second-order valence-electron chi connectivity index (χ2n) is 7.00. The van der Waals surface area contributed by atoms with E-state index in [0.29, 0.717) is 5.91 Å². The van der Waals surface area contributed by atoms with Gasteiger partial charge in [0.1, 0.15) is 5.75 Å². The lowest BCUT2D eigenvalue weighted by atomic mass is 9.90. The lowest BCUT2D eigenvalue weighted by Gasteiger charge is -2.38. The van der Waals surface area contributed by atoms with Crippen molar-refractivity contribution in [2.75, 3.05) is 13.7 Å². The SMILES string of the molecule is CCCCC(CC)C(=O)N1CCc2sccc2C1c1ccc(OC)cc1. The first-order valence-corrected chi connectivity index (χ1v) is 10.6. The van der Waals surface area contributed by atoms with Crippen molar-refractivity contribution in [3.05, 3.63) is 51.7 Å². The van der Waals surface area contributed by atoms with E-state index in [-0.39, 0.29) is 12.0 Å². The van der Waals surface area contributed by atoms with E-state index in [1.54, 1.807) is 7.11 Å². The second-order valence-corrected chi connectivity index (χ2v) is 8.00. The molecule has 2 atom stereocenters. The number of hydrogen-bond donors (Lipinski definition) is 0. The van der Waals surface area contributed by atoms with Gasteiger partial charge in [0.25, 0.3) is 0 Å². The Hall–Kier alpha value is -1.81. The third kappa shape index (κ3) is 3.80. The van der Waals surface area contributed by atoms with Crippen LogP contribution >= 0.6 is 11.3 Å². The van der Waals surface area contributed by atoms with Crippen LogP contribution in [0.3, 0.4) is 0 Å². The summed E-state index contributed by atoms with van der Waals surface area (Å²) in [6, 6.07) is 10.4. The van der Waals surface area contributed by atoms with Crippen LogP contribution in [0.2, 0.25) is 0 Å². The van der Waals surface area contributed by atoms with Gasteiger partial charge in [0.15, 0.2) is 0 Å². The number of hydrogen-bond acceptors (Lipinski definition) is 3. The first kappa shape index (κ1) is 19.0. The zero-order chi connectivity index (χ0) is 18.5. The third-order valence-electron chi connectivity index (χ3n) is 5.43. The summed E-state index contributed by atoms with van der Waals surface area (Å²) >= 11 is 1.81. The molecule has 0 radical (unpaired) electrons. The summed E-state index contributed by atoms with van der Waals surface area (Å²) in [6.45, 7) is 5.14. The molecule has 3 rings (SSSR count). The van der Waals surface area contributed by atoms with E-state index in [1.165, 1.54) is 16.0 Å². The number of fused-ring (bicyclic) bond motifs is 1. The van der Waals surface area contributed by atoms with Gasteiger partial charge in [0.2, 0.25) is 5.91 Å². The average molecular weight is 372 g/mol. The molecule has 0 N–H and O–H groups in total. The second kappa shape index (κ2) is 8.72. The highest BCUT2D eigenvalue weighted by Gasteiger charge is 2.35. The molecule has 1 aromatic carbocycles. The number of amides is 1. The van der Waals surface area contributed by atoms with E-state index in [4.69, 9.17) is 4.74 Å². The number of thiophene rings is 1. The maximum Gasteiger partial charge on any atom is 0.226 e. The Labute approximate surface area is 161 Å². The molecule has 1 aromatic heterocycles. The quantitative estimate of drug-likeness (QED) is 0.648. The van der Waals surface area contributed by atoms with Crippen molar-refractivity contribution in [2.45, 2.75) is 52.0 Å². The molecule has 0 aliphatic carbocycles. The Morgan fingerprint density at radius 1 is 1.27 bits per heavy atom. The zero-order valence-corrected chi connectivity index (χ0v) is 16.8. The van der Waals surface area contributed by atoms with Gasteiger partial charge in [-0.05, 0) is 54.0 Å². The molecule has 1 amide bonds. The standard InChI is InChI=1S/C22H29NO2S/c1-4-6-7-16(5-2)22(24)23-14-12-20-19(13-15-26-20)21(23)17-8-10-18(25-3)11-9-17/h8-11,13,15-16,21H,4-7,12,14H2,1-3H3. The Kier molecular flexibility index (Phi) is 6.36. The summed E-state index contributed by atoms with van der Waals surface area (Å²) in [7, 11) is 1.68. The van der Waals surface area contributed by atoms with Gasteiger partial charge in [0.05, 0.1) is 13.2 Å². The number of methoxy groups -OCH3 is 1. The minimum Gasteiger partial charge on any atom is -0.497 e. The van der Waals surface area contributed by atoms with E-state index >= 15 is 0 Å². The Morgan fingerprint density at radius 3 is 2.69 bits per heavy atom. The smallest absolute Gasteiger partial charge is 0.226 e. The molecule has 0 fully saturated rings. The van der Waals surface area contributed by atoms with Gasteiger partial charge in [0, 0.05) is 17.3 Å². The van der Waals surface area contributed by atoms with Crippen molar-refractivity contribution in [1.82, 2.24) is 4.90 Å². The Morgan fingerprint density at radius 2 is 2.04 bits per heavy atom. The van der Waals surface area contributed by atoms with Crippen LogP contribution in [0.15, 0.2) is 35.7 Å². The van der Waals surface area contributed by atoms with E-state index in [2.05, 4.69) is 42.3 Å². The Bertz CT molecular complexity index is 722. The predicted octanol–water partition coefficient (Wildman–Crippen LogP) is 5.45. The first-order valence-electron chi connectivity index (χ1n) is 9.70. The van der Waals surface area contributed by atoms with Crippen LogP contribution in [0.4, 0.5) is 0 Å². The van der Waals surface area contributed by atoms with Gasteiger partial charge in [-0.15, -0.1) is 11.3 Å². The highest BCUT2D eigenvalue weighted by atomic mass is 32.1. The molecule has 0 saturated carbocycles. The lowest BCUT2D eigenvalue weighted by molar-refractivity contribution is -0.138. The van der Waals surface area contributed by atoms with Crippen LogP contribution in [0.5, 0.6) is 5.75 Å². The molecular formula is C22H29NO2S. The number of ether oxygens (including phenoxy) is 1. The largest absolute Gasteiger partial charge is 0.497 e. The molecule has 0 saturated heterocycles. The molecule has 4 heteroatoms. The minimum absolute atomic E-state index is 0.0269. The summed E-state index contributed by atoms with van der Waals surface area (Å²) in [5.74, 6) is 1.30. The molecular weight excluding hydrogens is 342 g/mol. The van der Waals surface area contributed by atoms with E-state index in [9.17, 15) is 4.79 Å². The Balaban J connectivity index is 1.93. The zero-order valence-electron chi connectivity index (χ0n) is 16.0. The molecule has 1 aliphatic rings. The van der Waals surface area contributed by atoms with Crippen molar-refractivity contribution in [2.24, 2.45) is 5.92 Å². The first-order chi connectivity index (χ1) is 12.7. The van der Waals surface area contributed by atoms with Crippen molar-refractivity contribution in [3.63, 3.8) is 0 Å². The molecule has 0 spiro atoms. The number of benzene rings is 1. The maximum atomic E-state index is 13.4. The summed E-state index contributed by atoms with van der Waals surface area (Å²) < 4.78 is 5.31. The normalized spacial score (nSPS) is 17.7. The lowest BCUT2D eigenvalue weighted by Crippen LogP contribution is -2.43. The van der Waals surface area contributed by atoms with Crippen molar-refractivity contribution >= 4 is 17.2 Å². The van der Waals surface area contributed by atoms with Gasteiger partial charge in [-0.25, -0.2) is 0 Å². The fourth-order valence-electron chi connectivity index (χ4n) is 3.89. The van der Waals surface area contributed by atoms with Gasteiger partial charge >= 0.3 is 0 Å². The molecule has 2 unspecified atom stereocenters. The number of unbranched alkanes of at least 4 members (excludes halogenated alkanes) is 1. The van der Waals surface area contributed by atoms with Gasteiger partial charge < -0.3 is 9.64 Å². The summed E-state index contributed by atoms with van der Waals surface area (Å²) in [4.78, 5) is 16.9. The number of carbonyl (C=O) groups is 1. The van der Waals surface area contributed by atoms with Crippen LogP contribution in [0.1, 0.15) is 61.6 Å². The highest BCUT2D eigenvalue weighted by Crippen LogP contribution is 2.39. The topological polar surface area (TPSA) is 29.5 Å². The average Bonchev–Trinajstić information content (AvgIpc) is 3.16. The van der Waals surface area contributed by atoms with E-state index in [0.717, 1.165) is 44.4 Å². The molecule has 2 heterocycles. The number of rotatable bonds is 7. The van der Waals surface area contributed by atoms with Crippen molar-refractivity contribution in [1.29, 1.82) is 0 Å². The van der Waals surface area contributed by atoms with Crippen LogP contribution < -0.4 is 4.74 Å². The van der Waals surface area contributed by atoms with Crippen LogP contribution in [0.25, 0.3) is 0 Å². The molecule has 140 valence electrons. The van der Waals surface area contributed by atoms with Crippen LogP contribution in [-0.2, 0) is 11.2 Å². The maximum absolute atomic E-state index is 13.4. The monoisotopic (exact) mass is 371 g/mol. The summed E-state index contributed by atoms with van der Waals surface area (Å²) in [6.07, 6.45) is 5.14. The number of nitrogens with zero attached hydrogens (tertiary/aromatic N) is 1. The van der Waals surface area contributed by atoms with Crippen molar-refractivity contribution in [3.8, 4) is 5.75 Å². The van der Waals surface area contributed by atoms with Crippen LogP contribution in [0, 0.1) is 5.92 Å². The molecule has 0 bridgehead atoms. The van der Waals surface area contributed by atoms with E-state index < -0.39 is 0 Å². The van der Waals surface area contributed by atoms with Crippen molar-refractivity contribution < 1.29 is 9.53 Å². The molecule has 3 nitrogen and oxygen atoms in total.